The lowest BCUT2D eigenvalue weighted by Crippen LogP contribution is -2.26. The number of likely N-dealkylation sites (N-methyl/N-ethyl adjacent to an activating group) is 1. The molecule has 1 N–H and O–H groups in total. The summed E-state index contributed by atoms with van der Waals surface area (Å²) in [4.78, 5) is 1.82. The first-order valence-electron chi connectivity index (χ1n) is 4.84. The zero-order valence-electron chi connectivity index (χ0n) is 9.37. The molecule has 4 nitrogen and oxygen atoms in total. The van der Waals surface area contributed by atoms with E-state index in [4.69, 9.17) is 0 Å². The van der Waals surface area contributed by atoms with Crippen molar-refractivity contribution in [1.82, 2.24) is 14.7 Å². The third-order valence-corrected chi connectivity index (χ3v) is 2.77. The number of nitrogens with zero attached hydrogens (tertiary/aromatic N) is 3. The molecule has 1 aromatic heterocycles. The summed E-state index contributed by atoms with van der Waals surface area (Å²) in [6, 6.07) is 0. The van der Waals surface area contributed by atoms with Crippen LogP contribution in [0.4, 0.5) is 13.2 Å². The summed E-state index contributed by atoms with van der Waals surface area (Å²) in [5.74, 6) is 0. The number of alkyl halides is 3. The monoisotopic (exact) mass is 315 g/mol. The first-order valence-corrected chi connectivity index (χ1v) is 5.63. The molecule has 0 saturated heterocycles. The van der Waals surface area contributed by atoms with Crippen molar-refractivity contribution in [2.75, 3.05) is 20.6 Å². The highest BCUT2D eigenvalue weighted by Crippen LogP contribution is 2.35. The molecule has 0 aliphatic rings. The van der Waals surface area contributed by atoms with Crippen molar-refractivity contribution in [1.29, 1.82) is 0 Å². The van der Waals surface area contributed by atoms with Gasteiger partial charge in [-0.3, -0.25) is 4.68 Å². The molecule has 0 aromatic carbocycles. The predicted octanol–water partition coefficient (Wildman–Crippen LogP) is 1.80. The maximum atomic E-state index is 12.4. The zero-order valence-corrected chi connectivity index (χ0v) is 11.0. The minimum Gasteiger partial charge on any atom is -0.378 e. The molecule has 17 heavy (non-hydrogen) atoms. The van der Waals surface area contributed by atoms with Crippen LogP contribution in [-0.2, 0) is 6.54 Å². The molecule has 0 spiro atoms. The largest absolute Gasteiger partial charge is 0.420 e. The van der Waals surface area contributed by atoms with Crippen molar-refractivity contribution in [2.45, 2.75) is 18.8 Å². The topological polar surface area (TPSA) is 41.3 Å². The third kappa shape index (κ3) is 3.68. The summed E-state index contributed by atoms with van der Waals surface area (Å²) in [5.41, 5.74) is -0.264. The van der Waals surface area contributed by atoms with Crippen molar-refractivity contribution in [3.63, 3.8) is 0 Å². The van der Waals surface area contributed by atoms with E-state index in [0.717, 1.165) is 4.68 Å². The first-order chi connectivity index (χ1) is 7.73. The van der Waals surface area contributed by atoms with E-state index in [1.165, 1.54) is 6.20 Å². The Bertz CT molecular complexity index is 378. The van der Waals surface area contributed by atoms with E-state index in [1.54, 1.807) is 14.1 Å². The van der Waals surface area contributed by atoms with Crippen LogP contribution in [0.5, 0.6) is 0 Å². The molecule has 0 fully saturated rings. The molecule has 1 rings (SSSR count). The van der Waals surface area contributed by atoms with Crippen LogP contribution in [0.3, 0.4) is 0 Å². The molecule has 1 atom stereocenters. The van der Waals surface area contributed by atoms with Crippen LogP contribution in [-0.4, -0.2) is 46.6 Å². The molecule has 0 aliphatic heterocycles. The van der Waals surface area contributed by atoms with Gasteiger partial charge in [-0.2, -0.15) is 18.3 Å². The van der Waals surface area contributed by atoms with E-state index in [9.17, 15) is 18.3 Å². The molecule has 0 amide bonds. The number of hydrogen-bond donors (Lipinski definition) is 1. The van der Waals surface area contributed by atoms with E-state index in [2.05, 4.69) is 21.0 Å². The highest BCUT2D eigenvalue weighted by Gasteiger charge is 2.42. The summed E-state index contributed by atoms with van der Waals surface area (Å²) in [6.07, 6.45) is -5.97. The lowest BCUT2D eigenvalue weighted by molar-refractivity contribution is -0.209. The van der Waals surface area contributed by atoms with Crippen LogP contribution in [0.2, 0.25) is 0 Å². The van der Waals surface area contributed by atoms with Crippen LogP contribution < -0.4 is 0 Å². The highest BCUT2D eigenvalue weighted by molar-refractivity contribution is 9.10. The van der Waals surface area contributed by atoms with Crippen molar-refractivity contribution in [2.24, 2.45) is 0 Å². The second kappa shape index (κ2) is 5.36. The van der Waals surface area contributed by atoms with Crippen LogP contribution in [0.25, 0.3) is 0 Å². The van der Waals surface area contributed by atoms with Gasteiger partial charge in [0.2, 0.25) is 0 Å². The standard InChI is InChI=1S/C9H13BrF3N3O/c1-15(2)3-4-16-7(6(10)5-14-16)8(17)9(11,12)13/h5,8,17H,3-4H2,1-2H3. The van der Waals surface area contributed by atoms with Gasteiger partial charge in [-0.05, 0) is 30.0 Å². The summed E-state index contributed by atoms with van der Waals surface area (Å²) in [6.45, 7) is 0.812. The van der Waals surface area contributed by atoms with E-state index >= 15 is 0 Å². The lowest BCUT2D eigenvalue weighted by Gasteiger charge is -2.18. The van der Waals surface area contributed by atoms with Gasteiger partial charge in [-0.25, -0.2) is 0 Å². The van der Waals surface area contributed by atoms with Gasteiger partial charge in [-0.1, -0.05) is 0 Å². The number of rotatable bonds is 4. The Morgan fingerprint density at radius 2 is 2.12 bits per heavy atom. The van der Waals surface area contributed by atoms with E-state index < -0.39 is 12.3 Å². The van der Waals surface area contributed by atoms with Crippen molar-refractivity contribution in [3.05, 3.63) is 16.4 Å². The Morgan fingerprint density at radius 3 is 2.59 bits per heavy atom. The number of aliphatic hydroxyl groups is 1. The average molecular weight is 316 g/mol. The molecule has 1 heterocycles. The number of aromatic nitrogens is 2. The van der Waals surface area contributed by atoms with E-state index in [-0.39, 0.29) is 16.7 Å². The quantitative estimate of drug-likeness (QED) is 0.921. The lowest BCUT2D eigenvalue weighted by atomic mass is 10.2. The maximum Gasteiger partial charge on any atom is 0.420 e. The molecular formula is C9H13BrF3N3O. The van der Waals surface area contributed by atoms with Crippen molar-refractivity contribution >= 4 is 15.9 Å². The fraction of sp³-hybridized carbons (Fsp3) is 0.667. The Kier molecular flexibility index (Phi) is 4.56. The Balaban J connectivity index is 2.94. The van der Waals surface area contributed by atoms with Crippen LogP contribution in [0.1, 0.15) is 11.8 Å². The fourth-order valence-corrected chi connectivity index (χ4v) is 1.78. The van der Waals surface area contributed by atoms with E-state index in [1.807, 2.05) is 4.90 Å². The predicted molar refractivity (Wildman–Crippen MR) is 59.5 cm³/mol. The summed E-state index contributed by atoms with van der Waals surface area (Å²) in [5, 5.41) is 13.0. The average Bonchev–Trinajstić information content (AvgIpc) is 2.54. The maximum absolute atomic E-state index is 12.4. The normalized spacial score (nSPS) is 14.4. The van der Waals surface area contributed by atoms with Gasteiger partial charge >= 0.3 is 6.18 Å². The van der Waals surface area contributed by atoms with Gasteiger partial charge in [-0.15, -0.1) is 0 Å². The summed E-state index contributed by atoms with van der Waals surface area (Å²) < 4.78 is 38.7. The van der Waals surface area contributed by atoms with Gasteiger partial charge in [0, 0.05) is 6.54 Å². The smallest absolute Gasteiger partial charge is 0.378 e. The summed E-state index contributed by atoms with van der Waals surface area (Å²) in [7, 11) is 3.61. The van der Waals surface area contributed by atoms with Crippen LogP contribution in [0.15, 0.2) is 10.7 Å². The Morgan fingerprint density at radius 1 is 1.53 bits per heavy atom. The molecule has 8 heteroatoms. The molecule has 1 aromatic rings. The van der Waals surface area contributed by atoms with Crippen molar-refractivity contribution < 1.29 is 18.3 Å². The Labute approximate surface area is 105 Å². The molecule has 0 saturated carbocycles. The SMILES string of the molecule is CN(C)CCn1ncc(Br)c1C(O)C(F)(F)F. The third-order valence-electron chi connectivity index (χ3n) is 2.16. The fourth-order valence-electron chi connectivity index (χ4n) is 1.27. The van der Waals surface area contributed by atoms with Crippen LogP contribution >= 0.6 is 15.9 Å². The Hall–Kier alpha value is -0.600. The van der Waals surface area contributed by atoms with E-state index in [0.29, 0.717) is 6.54 Å². The van der Waals surface area contributed by atoms with Gasteiger partial charge in [0.05, 0.1) is 22.9 Å². The minimum absolute atomic E-state index is 0.154. The van der Waals surface area contributed by atoms with Gasteiger partial charge < -0.3 is 10.0 Å². The molecule has 0 radical (unpaired) electrons. The van der Waals surface area contributed by atoms with Gasteiger partial charge in [0.1, 0.15) is 0 Å². The molecule has 1 unspecified atom stereocenters. The number of hydrogen-bond acceptors (Lipinski definition) is 3. The van der Waals surface area contributed by atoms with Gasteiger partial charge in [0.25, 0.3) is 0 Å². The second-order valence-corrected chi connectivity index (χ2v) is 4.70. The van der Waals surface area contributed by atoms with Crippen LogP contribution in [0, 0.1) is 0 Å². The molecule has 0 bridgehead atoms. The van der Waals surface area contributed by atoms with Gasteiger partial charge in [0.15, 0.2) is 6.10 Å². The number of aliphatic hydroxyl groups excluding tert-OH is 1. The summed E-state index contributed by atoms with van der Waals surface area (Å²) >= 11 is 2.96. The molecule has 0 aliphatic carbocycles. The molecule has 98 valence electrons. The molecular weight excluding hydrogens is 303 g/mol. The first kappa shape index (κ1) is 14.5. The highest BCUT2D eigenvalue weighted by atomic mass is 79.9. The second-order valence-electron chi connectivity index (χ2n) is 3.85. The number of halogens is 4. The minimum atomic E-state index is -4.70. The van der Waals surface area contributed by atoms with Crippen molar-refractivity contribution in [3.8, 4) is 0 Å². The zero-order chi connectivity index (χ0) is 13.2.